The third-order valence-electron chi connectivity index (χ3n) is 3.45. The summed E-state index contributed by atoms with van der Waals surface area (Å²) in [7, 11) is 0. The Hall–Kier alpha value is -0.780. The maximum atomic E-state index is 12.5. The van der Waals surface area contributed by atoms with Crippen molar-refractivity contribution in [3.63, 3.8) is 0 Å². The van der Waals surface area contributed by atoms with Gasteiger partial charge in [0.15, 0.2) is 0 Å². The zero-order valence-corrected chi connectivity index (χ0v) is 11.8. The minimum Gasteiger partial charge on any atom is -0.324 e. The highest BCUT2D eigenvalue weighted by atomic mass is 35.5. The molecule has 2 rings (SSSR count). The summed E-state index contributed by atoms with van der Waals surface area (Å²) in [6, 6.07) is 6.94. The summed E-state index contributed by atoms with van der Waals surface area (Å²) in [5, 5.41) is 0.590. The van der Waals surface area contributed by atoms with Crippen LogP contribution in [0.5, 0.6) is 0 Å². The van der Waals surface area contributed by atoms with Crippen LogP contribution in [0.15, 0.2) is 24.3 Å². The Morgan fingerprint density at radius 3 is 2.60 bits per heavy atom. The van der Waals surface area contributed by atoms with Gasteiger partial charge in [-0.3, -0.25) is 4.90 Å². The predicted molar refractivity (Wildman–Crippen MR) is 73.6 cm³/mol. The van der Waals surface area contributed by atoms with Gasteiger partial charge in [0, 0.05) is 23.7 Å². The van der Waals surface area contributed by atoms with Gasteiger partial charge in [0.05, 0.1) is 6.54 Å². The molecule has 2 N–H and O–H groups in total. The fourth-order valence-electron chi connectivity index (χ4n) is 2.27. The summed E-state index contributed by atoms with van der Waals surface area (Å²) >= 11 is 5.88. The first-order valence-electron chi connectivity index (χ1n) is 6.67. The van der Waals surface area contributed by atoms with Crippen LogP contribution in [-0.4, -0.2) is 30.2 Å². The smallest absolute Gasteiger partial charge is 0.324 e. The van der Waals surface area contributed by atoms with Crippen molar-refractivity contribution in [1.29, 1.82) is 0 Å². The topological polar surface area (TPSA) is 29.3 Å². The number of benzene rings is 1. The van der Waals surface area contributed by atoms with Crippen molar-refractivity contribution in [1.82, 2.24) is 4.90 Å². The van der Waals surface area contributed by atoms with Crippen molar-refractivity contribution in [3.05, 3.63) is 34.9 Å². The van der Waals surface area contributed by atoms with Gasteiger partial charge < -0.3 is 5.73 Å². The number of alkyl halides is 3. The van der Waals surface area contributed by atoms with Crippen molar-refractivity contribution in [3.8, 4) is 0 Å². The number of nitrogens with zero attached hydrogens (tertiary/aromatic N) is 1. The van der Waals surface area contributed by atoms with Gasteiger partial charge >= 0.3 is 6.18 Å². The lowest BCUT2D eigenvalue weighted by molar-refractivity contribution is -0.147. The van der Waals surface area contributed by atoms with Gasteiger partial charge in [-0.15, -0.1) is 0 Å². The molecule has 1 aliphatic carbocycles. The van der Waals surface area contributed by atoms with Gasteiger partial charge in [-0.1, -0.05) is 23.7 Å². The van der Waals surface area contributed by atoms with Crippen molar-refractivity contribution < 1.29 is 13.2 Å². The summed E-state index contributed by atoms with van der Waals surface area (Å²) in [5.41, 5.74) is 6.89. The molecule has 1 atom stereocenters. The molecule has 1 aromatic rings. The molecule has 6 heteroatoms. The molecule has 0 aliphatic heterocycles. The van der Waals surface area contributed by atoms with E-state index in [1.165, 1.54) is 4.90 Å². The molecule has 0 saturated heterocycles. The molecule has 1 aromatic carbocycles. The van der Waals surface area contributed by atoms with Crippen molar-refractivity contribution in [2.24, 2.45) is 5.73 Å². The van der Waals surface area contributed by atoms with Crippen molar-refractivity contribution in [2.45, 2.75) is 37.5 Å². The highest BCUT2D eigenvalue weighted by Gasteiger charge is 2.37. The number of halogens is 4. The Morgan fingerprint density at radius 1 is 1.35 bits per heavy atom. The molecule has 0 aromatic heterocycles. The average molecular weight is 307 g/mol. The van der Waals surface area contributed by atoms with Crippen LogP contribution in [0.25, 0.3) is 0 Å². The van der Waals surface area contributed by atoms with Crippen LogP contribution >= 0.6 is 11.6 Å². The van der Waals surface area contributed by atoms with E-state index < -0.39 is 12.7 Å². The Morgan fingerprint density at radius 2 is 2.05 bits per heavy atom. The maximum absolute atomic E-state index is 12.5. The Labute approximate surface area is 121 Å². The van der Waals surface area contributed by atoms with E-state index >= 15 is 0 Å². The van der Waals surface area contributed by atoms with E-state index in [2.05, 4.69) is 0 Å². The maximum Gasteiger partial charge on any atom is 0.401 e. The van der Waals surface area contributed by atoms with Crippen LogP contribution in [0.1, 0.15) is 30.9 Å². The number of hydrogen-bond acceptors (Lipinski definition) is 2. The molecule has 1 saturated carbocycles. The molecule has 0 heterocycles. The molecule has 0 bridgehead atoms. The van der Waals surface area contributed by atoms with Crippen LogP contribution < -0.4 is 5.73 Å². The SMILES string of the molecule is NC(CCN(CC(F)(F)F)C1CC1)c1cccc(Cl)c1. The molecular weight excluding hydrogens is 289 g/mol. The normalized spacial score (nSPS) is 17.5. The average Bonchev–Trinajstić information content (AvgIpc) is 3.17. The highest BCUT2D eigenvalue weighted by Crippen LogP contribution is 2.31. The van der Waals surface area contributed by atoms with E-state index in [1.54, 1.807) is 18.2 Å². The molecule has 2 nitrogen and oxygen atoms in total. The minimum absolute atomic E-state index is 0.0724. The van der Waals surface area contributed by atoms with Gasteiger partial charge in [0.2, 0.25) is 0 Å². The fourth-order valence-corrected chi connectivity index (χ4v) is 2.47. The summed E-state index contributed by atoms with van der Waals surface area (Å²) in [4.78, 5) is 1.49. The molecule has 0 spiro atoms. The molecule has 1 aliphatic rings. The zero-order chi connectivity index (χ0) is 14.8. The van der Waals surface area contributed by atoms with E-state index in [9.17, 15) is 13.2 Å². The van der Waals surface area contributed by atoms with Crippen LogP contribution in [0.2, 0.25) is 5.02 Å². The summed E-state index contributed by atoms with van der Waals surface area (Å²) < 4.78 is 37.5. The summed E-state index contributed by atoms with van der Waals surface area (Å²) in [6.07, 6.45) is -1.96. The van der Waals surface area contributed by atoms with Crippen LogP contribution in [-0.2, 0) is 0 Å². The third-order valence-corrected chi connectivity index (χ3v) is 3.68. The molecule has 1 fully saturated rings. The fraction of sp³-hybridized carbons (Fsp3) is 0.571. The zero-order valence-electron chi connectivity index (χ0n) is 11.0. The number of hydrogen-bond donors (Lipinski definition) is 1. The number of nitrogens with two attached hydrogens (primary N) is 1. The van der Waals surface area contributed by atoms with Crippen LogP contribution in [0, 0.1) is 0 Å². The second kappa shape index (κ2) is 6.33. The second-order valence-corrected chi connectivity index (χ2v) is 5.70. The lowest BCUT2D eigenvalue weighted by Crippen LogP contribution is -2.37. The summed E-state index contributed by atoms with van der Waals surface area (Å²) in [5.74, 6) is 0. The van der Waals surface area contributed by atoms with Crippen molar-refractivity contribution >= 4 is 11.6 Å². The monoisotopic (exact) mass is 306 g/mol. The summed E-state index contributed by atoms with van der Waals surface area (Å²) in [6.45, 7) is -0.488. The first kappa shape index (κ1) is 15.6. The van der Waals surface area contributed by atoms with Gasteiger partial charge in [-0.05, 0) is 37.0 Å². The largest absolute Gasteiger partial charge is 0.401 e. The molecular formula is C14H18ClF3N2. The Kier molecular flexibility index (Phi) is 4.94. The quantitative estimate of drug-likeness (QED) is 0.867. The second-order valence-electron chi connectivity index (χ2n) is 5.27. The van der Waals surface area contributed by atoms with E-state index in [4.69, 9.17) is 17.3 Å². The van der Waals surface area contributed by atoms with Gasteiger partial charge in [0.25, 0.3) is 0 Å². The van der Waals surface area contributed by atoms with Crippen LogP contribution in [0.3, 0.4) is 0 Å². The lowest BCUT2D eigenvalue weighted by Gasteiger charge is -2.25. The van der Waals surface area contributed by atoms with Gasteiger partial charge in [0.1, 0.15) is 0 Å². The first-order valence-corrected chi connectivity index (χ1v) is 7.05. The van der Waals surface area contributed by atoms with E-state index in [0.717, 1.165) is 18.4 Å². The third kappa shape index (κ3) is 4.96. The number of rotatable bonds is 6. The Bertz CT molecular complexity index is 446. The molecule has 20 heavy (non-hydrogen) atoms. The van der Waals surface area contributed by atoms with Crippen molar-refractivity contribution in [2.75, 3.05) is 13.1 Å². The minimum atomic E-state index is -4.15. The molecule has 0 radical (unpaired) electrons. The first-order chi connectivity index (χ1) is 9.35. The molecule has 0 amide bonds. The van der Waals surface area contributed by atoms with Gasteiger partial charge in [-0.2, -0.15) is 13.2 Å². The van der Waals surface area contributed by atoms with Gasteiger partial charge in [-0.25, -0.2) is 0 Å². The predicted octanol–water partition coefficient (Wildman–Crippen LogP) is 3.76. The highest BCUT2D eigenvalue weighted by molar-refractivity contribution is 6.30. The van der Waals surface area contributed by atoms with E-state index in [0.29, 0.717) is 18.0 Å². The standard InChI is InChI=1S/C14H18ClF3N2/c15-11-3-1-2-10(8-11)13(19)6-7-20(12-4-5-12)9-14(16,17)18/h1-3,8,12-13H,4-7,9,19H2. The Balaban J connectivity index is 1.89. The molecule has 1 unspecified atom stereocenters. The van der Waals surface area contributed by atoms with E-state index in [-0.39, 0.29) is 12.1 Å². The van der Waals surface area contributed by atoms with Crippen LogP contribution in [0.4, 0.5) is 13.2 Å². The molecule has 112 valence electrons. The lowest BCUT2D eigenvalue weighted by atomic mass is 10.0. The van der Waals surface area contributed by atoms with E-state index in [1.807, 2.05) is 6.07 Å².